The summed E-state index contributed by atoms with van der Waals surface area (Å²) < 4.78 is 1.83. The van der Waals surface area contributed by atoms with Crippen LogP contribution in [-0.4, -0.2) is 25.5 Å². The molecular formula is C24H20N3O2. The second-order valence-corrected chi connectivity index (χ2v) is 7.47. The number of aryl methyl sites for hydroxylation is 2. The van der Waals surface area contributed by atoms with Gasteiger partial charge < -0.3 is 9.67 Å². The Labute approximate surface area is 168 Å². The maximum Gasteiger partial charge on any atom is 0.257 e. The number of fused-ring (bicyclic) bond motifs is 2. The zero-order valence-corrected chi connectivity index (χ0v) is 16.3. The highest BCUT2D eigenvalue weighted by Gasteiger charge is 2.50. The molecule has 1 amide bonds. The quantitative estimate of drug-likeness (QED) is 0.590. The molecule has 1 N–H and O–H groups in total. The van der Waals surface area contributed by atoms with Crippen LogP contribution in [0.25, 0.3) is 11.0 Å². The number of aromatic nitrogens is 2. The average Bonchev–Trinajstić information content (AvgIpc) is 3.22. The Morgan fingerprint density at radius 2 is 1.72 bits per heavy atom. The molecule has 143 valence electrons. The SMILES string of the molecule is Cc1c(C2(O)c3ccccc3C(=O)N2Cc2ccccc2)ccc2c1n[c]n2C. The fourth-order valence-electron chi connectivity index (χ4n) is 4.31. The maximum absolute atomic E-state index is 13.3. The molecule has 1 atom stereocenters. The first-order valence-corrected chi connectivity index (χ1v) is 9.54. The van der Waals surface area contributed by atoms with Crippen molar-refractivity contribution in [1.82, 2.24) is 14.5 Å². The molecule has 0 saturated carbocycles. The summed E-state index contributed by atoms with van der Waals surface area (Å²) in [5.74, 6) is -0.181. The van der Waals surface area contributed by atoms with Gasteiger partial charge >= 0.3 is 0 Å². The number of amides is 1. The molecule has 4 aromatic rings. The number of hydrogen-bond acceptors (Lipinski definition) is 3. The highest BCUT2D eigenvalue weighted by atomic mass is 16.3. The molecule has 5 heteroatoms. The lowest BCUT2D eigenvalue weighted by molar-refractivity contribution is -0.0546. The van der Waals surface area contributed by atoms with Crippen molar-refractivity contribution in [2.45, 2.75) is 19.2 Å². The first-order valence-electron chi connectivity index (χ1n) is 9.54. The molecule has 1 aliphatic heterocycles. The van der Waals surface area contributed by atoms with E-state index in [1.165, 1.54) is 0 Å². The molecule has 1 radical (unpaired) electrons. The lowest BCUT2D eigenvalue weighted by Gasteiger charge is -2.36. The molecule has 1 aliphatic rings. The normalized spacial score (nSPS) is 18.4. The second kappa shape index (κ2) is 6.29. The molecule has 0 aliphatic carbocycles. The van der Waals surface area contributed by atoms with Crippen LogP contribution < -0.4 is 0 Å². The van der Waals surface area contributed by atoms with E-state index in [4.69, 9.17) is 0 Å². The lowest BCUT2D eigenvalue weighted by Crippen LogP contribution is -2.44. The number of rotatable bonds is 3. The number of carbonyl (C=O) groups excluding carboxylic acids is 1. The van der Waals surface area contributed by atoms with Crippen LogP contribution in [0.1, 0.15) is 32.6 Å². The van der Waals surface area contributed by atoms with E-state index in [9.17, 15) is 9.90 Å². The van der Waals surface area contributed by atoms with Gasteiger partial charge in [-0.2, -0.15) is 0 Å². The highest BCUT2D eigenvalue weighted by Crippen LogP contribution is 2.45. The van der Waals surface area contributed by atoms with Crippen molar-refractivity contribution in [3.63, 3.8) is 0 Å². The summed E-state index contributed by atoms with van der Waals surface area (Å²) in [7, 11) is 1.89. The number of nitrogens with zero attached hydrogens (tertiary/aromatic N) is 3. The van der Waals surface area contributed by atoms with Crippen molar-refractivity contribution in [2.24, 2.45) is 7.05 Å². The van der Waals surface area contributed by atoms with E-state index in [2.05, 4.69) is 11.3 Å². The Morgan fingerprint density at radius 3 is 2.52 bits per heavy atom. The fourth-order valence-corrected chi connectivity index (χ4v) is 4.31. The summed E-state index contributed by atoms with van der Waals surface area (Å²) in [6.07, 6.45) is 2.93. The third kappa shape index (κ3) is 2.44. The summed E-state index contributed by atoms with van der Waals surface area (Å²) in [6, 6.07) is 20.8. The monoisotopic (exact) mass is 382 g/mol. The fraction of sp³-hybridized carbons (Fsp3) is 0.167. The summed E-state index contributed by atoms with van der Waals surface area (Å²) in [5, 5.41) is 12.1. The molecular weight excluding hydrogens is 362 g/mol. The topological polar surface area (TPSA) is 58.4 Å². The molecule has 3 aromatic carbocycles. The zero-order valence-electron chi connectivity index (χ0n) is 16.3. The van der Waals surface area contributed by atoms with Crippen molar-refractivity contribution < 1.29 is 9.90 Å². The van der Waals surface area contributed by atoms with E-state index in [1.54, 1.807) is 11.0 Å². The van der Waals surface area contributed by atoms with Crippen LogP contribution in [0.4, 0.5) is 0 Å². The second-order valence-electron chi connectivity index (χ2n) is 7.47. The van der Waals surface area contributed by atoms with Crippen molar-refractivity contribution in [1.29, 1.82) is 0 Å². The lowest BCUT2D eigenvalue weighted by atomic mass is 9.90. The van der Waals surface area contributed by atoms with Gasteiger partial charge in [0.2, 0.25) is 0 Å². The number of carbonyl (C=O) groups is 1. The Kier molecular flexibility index (Phi) is 3.83. The molecule has 0 fully saturated rings. The van der Waals surface area contributed by atoms with Crippen LogP contribution >= 0.6 is 0 Å². The summed E-state index contributed by atoms with van der Waals surface area (Å²) in [4.78, 5) is 19.2. The van der Waals surface area contributed by atoms with Gasteiger partial charge in [-0.3, -0.25) is 9.69 Å². The van der Waals surface area contributed by atoms with Crippen LogP contribution in [0.5, 0.6) is 0 Å². The van der Waals surface area contributed by atoms with Crippen LogP contribution in [0.2, 0.25) is 0 Å². The highest BCUT2D eigenvalue weighted by molar-refractivity contribution is 6.00. The molecule has 0 saturated heterocycles. The largest absolute Gasteiger partial charge is 0.363 e. The van der Waals surface area contributed by atoms with E-state index in [-0.39, 0.29) is 5.91 Å². The third-order valence-corrected chi connectivity index (χ3v) is 5.81. The number of aliphatic hydroxyl groups is 1. The summed E-state index contributed by atoms with van der Waals surface area (Å²) in [6.45, 7) is 2.24. The number of imidazole rings is 1. The molecule has 5 nitrogen and oxygen atoms in total. The van der Waals surface area contributed by atoms with Crippen LogP contribution in [-0.2, 0) is 19.3 Å². The number of benzene rings is 3. The number of hydrogen-bond donors (Lipinski definition) is 1. The van der Waals surface area contributed by atoms with Gasteiger partial charge in [-0.1, -0.05) is 54.6 Å². The minimum atomic E-state index is -1.57. The Balaban J connectivity index is 1.74. The zero-order chi connectivity index (χ0) is 20.2. The van der Waals surface area contributed by atoms with Gasteiger partial charge in [0.1, 0.15) is 0 Å². The van der Waals surface area contributed by atoms with E-state index < -0.39 is 5.72 Å². The maximum atomic E-state index is 13.3. The first kappa shape index (κ1) is 17.6. The molecule has 2 heterocycles. The van der Waals surface area contributed by atoms with E-state index >= 15 is 0 Å². The van der Waals surface area contributed by atoms with Gasteiger partial charge in [0.25, 0.3) is 5.91 Å². The van der Waals surface area contributed by atoms with Gasteiger partial charge in [0.05, 0.1) is 11.0 Å². The minimum Gasteiger partial charge on any atom is -0.363 e. The molecule has 29 heavy (non-hydrogen) atoms. The third-order valence-electron chi connectivity index (χ3n) is 5.81. The predicted octanol–water partition coefficient (Wildman–Crippen LogP) is 3.53. The van der Waals surface area contributed by atoms with E-state index in [0.717, 1.165) is 22.2 Å². The Hall–Kier alpha value is -3.44. The van der Waals surface area contributed by atoms with Crippen molar-refractivity contribution in [2.75, 3.05) is 0 Å². The predicted molar refractivity (Wildman–Crippen MR) is 110 cm³/mol. The van der Waals surface area contributed by atoms with Crippen LogP contribution in [0.3, 0.4) is 0 Å². The van der Waals surface area contributed by atoms with Crippen molar-refractivity contribution in [3.05, 3.63) is 101 Å². The Morgan fingerprint density at radius 1 is 1.00 bits per heavy atom. The summed E-state index contributed by atoms with van der Waals surface area (Å²) in [5.41, 5.74) is 3.71. The van der Waals surface area contributed by atoms with Gasteiger partial charge in [-0.05, 0) is 30.2 Å². The van der Waals surface area contributed by atoms with Gasteiger partial charge in [0.15, 0.2) is 12.1 Å². The molecule has 1 aromatic heterocycles. The molecule has 0 spiro atoms. The first-order chi connectivity index (χ1) is 14.0. The van der Waals surface area contributed by atoms with Gasteiger partial charge in [-0.25, -0.2) is 4.98 Å². The van der Waals surface area contributed by atoms with E-state index in [1.807, 2.05) is 79.2 Å². The van der Waals surface area contributed by atoms with Crippen molar-refractivity contribution >= 4 is 16.9 Å². The smallest absolute Gasteiger partial charge is 0.257 e. The standard InChI is InChI=1S/C24H20N3O2/c1-16-19(12-13-21-22(16)25-15-26(21)2)24(29)20-11-7-6-10-18(20)23(28)27(24)14-17-8-4-3-5-9-17/h3-13,29H,14H2,1-2H3. The van der Waals surface area contributed by atoms with Gasteiger partial charge in [-0.15, -0.1) is 0 Å². The van der Waals surface area contributed by atoms with Crippen molar-refractivity contribution in [3.8, 4) is 0 Å². The summed E-state index contributed by atoms with van der Waals surface area (Å²) >= 11 is 0. The molecule has 0 bridgehead atoms. The minimum absolute atomic E-state index is 0.181. The van der Waals surface area contributed by atoms with Crippen LogP contribution in [0.15, 0.2) is 66.7 Å². The van der Waals surface area contributed by atoms with Crippen LogP contribution in [0, 0.1) is 13.3 Å². The molecule has 5 rings (SSSR count). The van der Waals surface area contributed by atoms with E-state index in [0.29, 0.717) is 23.2 Å². The molecule has 1 unspecified atom stereocenters. The average molecular weight is 382 g/mol. The Bertz CT molecular complexity index is 1250. The van der Waals surface area contributed by atoms with Gasteiger partial charge in [0, 0.05) is 30.3 Å².